The minimum atomic E-state index is 0.651. The molecule has 0 bridgehead atoms. The molecule has 2 aromatic heterocycles. The van der Waals surface area contributed by atoms with E-state index < -0.39 is 0 Å². The van der Waals surface area contributed by atoms with Crippen LogP contribution in [-0.4, -0.2) is 9.97 Å². The van der Waals surface area contributed by atoms with Gasteiger partial charge in [-0.05, 0) is 25.1 Å². The third-order valence-corrected chi connectivity index (χ3v) is 4.26. The van der Waals surface area contributed by atoms with Crippen molar-refractivity contribution in [3.8, 4) is 0 Å². The van der Waals surface area contributed by atoms with Gasteiger partial charge in [-0.2, -0.15) is 0 Å². The van der Waals surface area contributed by atoms with Crippen LogP contribution in [0.1, 0.15) is 10.7 Å². The summed E-state index contributed by atoms with van der Waals surface area (Å²) in [6, 6.07) is 5.44. The largest absolute Gasteiger partial charge is 0.431 e. The first-order chi connectivity index (χ1) is 8.70. The minimum Gasteiger partial charge on any atom is -0.431 e. The van der Waals surface area contributed by atoms with E-state index >= 15 is 0 Å². The maximum Gasteiger partial charge on any atom is 0.257 e. The Morgan fingerprint density at radius 2 is 2.28 bits per heavy atom. The number of fused-ring (bicyclic) bond motifs is 1. The number of halogens is 1. The Hall–Kier alpha value is -1.04. The molecule has 3 aromatic rings. The van der Waals surface area contributed by atoms with Crippen LogP contribution in [0.3, 0.4) is 0 Å². The van der Waals surface area contributed by atoms with Crippen LogP contribution in [0.15, 0.2) is 33.2 Å². The first kappa shape index (κ1) is 12.0. The smallest absolute Gasteiger partial charge is 0.257 e. The summed E-state index contributed by atoms with van der Waals surface area (Å²) in [6.45, 7) is 2.00. The molecule has 92 valence electrons. The molecule has 18 heavy (non-hydrogen) atoms. The number of aryl methyl sites for hydroxylation is 1. The topological polar surface area (TPSA) is 38.9 Å². The van der Waals surface area contributed by atoms with Gasteiger partial charge in [0.2, 0.25) is 0 Å². The first-order valence-corrected chi connectivity index (χ1v) is 7.55. The maximum absolute atomic E-state index is 5.91. The molecule has 0 fully saturated rings. The van der Waals surface area contributed by atoms with Crippen molar-refractivity contribution >= 4 is 45.8 Å². The van der Waals surface area contributed by atoms with Gasteiger partial charge in [0.25, 0.3) is 5.22 Å². The van der Waals surface area contributed by atoms with Crippen LogP contribution in [0.5, 0.6) is 0 Å². The number of benzene rings is 1. The number of thiazole rings is 1. The minimum absolute atomic E-state index is 0.651. The Morgan fingerprint density at radius 1 is 1.39 bits per heavy atom. The summed E-state index contributed by atoms with van der Waals surface area (Å²) in [4.78, 5) is 8.78. The van der Waals surface area contributed by atoms with Gasteiger partial charge in [0.05, 0.1) is 10.7 Å². The molecule has 0 spiro atoms. The van der Waals surface area contributed by atoms with E-state index in [1.165, 1.54) is 0 Å². The zero-order chi connectivity index (χ0) is 12.5. The summed E-state index contributed by atoms with van der Waals surface area (Å²) in [5.74, 6) is 0.769. The summed E-state index contributed by atoms with van der Waals surface area (Å²) >= 11 is 9.10. The van der Waals surface area contributed by atoms with Gasteiger partial charge in [0, 0.05) is 16.2 Å². The number of oxazole rings is 1. The van der Waals surface area contributed by atoms with Crippen molar-refractivity contribution < 1.29 is 4.42 Å². The highest BCUT2D eigenvalue weighted by Gasteiger charge is 2.08. The van der Waals surface area contributed by atoms with Crippen LogP contribution < -0.4 is 0 Å². The van der Waals surface area contributed by atoms with Crippen molar-refractivity contribution in [3.63, 3.8) is 0 Å². The van der Waals surface area contributed by atoms with Crippen molar-refractivity contribution in [1.29, 1.82) is 0 Å². The Bertz CT molecular complexity index is 692. The quantitative estimate of drug-likeness (QED) is 0.665. The third-order valence-electron chi connectivity index (χ3n) is 2.34. The fourth-order valence-electron chi connectivity index (χ4n) is 1.55. The van der Waals surface area contributed by atoms with Gasteiger partial charge in [-0.15, -0.1) is 11.3 Å². The molecule has 0 saturated carbocycles. The lowest BCUT2D eigenvalue weighted by Crippen LogP contribution is -1.80. The van der Waals surface area contributed by atoms with Gasteiger partial charge in [-0.3, -0.25) is 0 Å². The van der Waals surface area contributed by atoms with Gasteiger partial charge >= 0.3 is 0 Å². The van der Waals surface area contributed by atoms with Crippen molar-refractivity contribution in [2.75, 3.05) is 0 Å². The molecule has 1 aromatic carbocycles. The van der Waals surface area contributed by atoms with Gasteiger partial charge in [-0.25, -0.2) is 9.97 Å². The number of thioether (sulfide) groups is 1. The summed E-state index contributed by atoms with van der Waals surface area (Å²) in [7, 11) is 0. The Balaban J connectivity index is 1.78. The van der Waals surface area contributed by atoms with Gasteiger partial charge in [-0.1, -0.05) is 23.4 Å². The standard InChI is InChI=1S/C12H9ClN2OS2/c1-7-14-9(5-17-7)6-18-12-15-10-4-8(13)2-3-11(10)16-12/h2-5H,6H2,1H3. The maximum atomic E-state index is 5.91. The second-order valence-electron chi connectivity index (χ2n) is 3.74. The van der Waals surface area contributed by atoms with Crippen LogP contribution in [-0.2, 0) is 5.75 Å². The number of nitrogens with zero attached hydrogens (tertiary/aromatic N) is 2. The Labute approximate surface area is 117 Å². The lowest BCUT2D eigenvalue weighted by Gasteiger charge is -1.91. The van der Waals surface area contributed by atoms with Crippen molar-refractivity contribution in [2.45, 2.75) is 17.9 Å². The number of rotatable bonds is 3. The molecule has 0 aliphatic rings. The molecule has 3 nitrogen and oxygen atoms in total. The van der Waals surface area contributed by atoms with Crippen LogP contribution in [0, 0.1) is 6.92 Å². The molecule has 0 aliphatic heterocycles. The fourth-order valence-corrected chi connectivity index (χ4v) is 3.17. The SMILES string of the molecule is Cc1nc(CSc2nc3cc(Cl)ccc3o2)cs1. The predicted molar refractivity (Wildman–Crippen MR) is 75.4 cm³/mol. The first-order valence-electron chi connectivity index (χ1n) is 5.30. The summed E-state index contributed by atoms with van der Waals surface area (Å²) < 4.78 is 5.62. The second-order valence-corrected chi connectivity index (χ2v) is 6.16. The average Bonchev–Trinajstić information content (AvgIpc) is 2.92. The van der Waals surface area contributed by atoms with Gasteiger partial charge in [0.1, 0.15) is 5.52 Å². The Kier molecular flexibility index (Phi) is 3.28. The zero-order valence-corrected chi connectivity index (χ0v) is 11.9. The van der Waals surface area contributed by atoms with E-state index in [1.807, 2.05) is 13.0 Å². The van der Waals surface area contributed by atoms with E-state index in [0.717, 1.165) is 27.6 Å². The van der Waals surface area contributed by atoms with Crippen LogP contribution >= 0.6 is 34.7 Å². The van der Waals surface area contributed by atoms with Gasteiger partial charge in [0.15, 0.2) is 5.58 Å². The second kappa shape index (κ2) is 4.91. The lowest BCUT2D eigenvalue weighted by molar-refractivity contribution is 0.489. The Morgan fingerprint density at radius 3 is 3.06 bits per heavy atom. The molecule has 0 unspecified atom stereocenters. The van der Waals surface area contributed by atoms with Crippen LogP contribution in [0.4, 0.5) is 0 Å². The number of aromatic nitrogens is 2. The zero-order valence-electron chi connectivity index (χ0n) is 9.51. The van der Waals surface area contributed by atoms with E-state index in [4.69, 9.17) is 16.0 Å². The summed E-state index contributed by atoms with van der Waals surface area (Å²) in [5.41, 5.74) is 2.61. The molecule has 0 aliphatic carbocycles. The molecule has 3 rings (SSSR count). The van der Waals surface area contributed by atoms with Crippen LogP contribution in [0.2, 0.25) is 5.02 Å². The molecule has 0 radical (unpaired) electrons. The van der Waals surface area contributed by atoms with E-state index in [0.29, 0.717) is 10.2 Å². The average molecular weight is 297 g/mol. The van der Waals surface area contributed by atoms with E-state index in [1.54, 1.807) is 35.2 Å². The lowest BCUT2D eigenvalue weighted by atomic mass is 10.3. The van der Waals surface area contributed by atoms with Crippen molar-refractivity contribution in [2.24, 2.45) is 0 Å². The highest BCUT2D eigenvalue weighted by Crippen LogP contribution is 2.27. The van der Waals surface area contributed by atoms with Crippen LogP contribution in [0.25, 0.3) is 11.1 Å². The summed E-state index contributed by atoms with van der Waals surface area (Å²) in [6.07, 6.45) is 0. The number of hydrogen-bond acceptors (Lipinski definition) is 5. The monoisotopic (exact) mass is 296 g/mol. The molecule has 0 N–H and O–H groups in total. The molecule has 2 heterocycles. The third kappa shape index (κ3) is 2.53. The van der Waals surface area contributed by atoms with E-state index in [-0.39, 0.29) is 0 Å². The molecule has 0 saturated heterocycles. The van der Waals surface area contributed by atoms with Crippen molar-refractivity contribution in [1.82, 2.24) is 9.97 Å². The van der Waals surface area contributed by atoms with E-state index in [9.17, 15) is 0 Å². The molecule has 0 amide bonds. The normalized spacial score (nSPS) is 11.2. The summed E-state index contributed by atoms with van der Waals surface area (Å²) in [5, 5.41) is 4.46. The molecular formula is C12H9ClN2OS2. The highest BCUT2D eigenvalue weighted by molar-refractivity contribution is 7.98. The molecular weight excluding hydrogens is 288 g/mol. The van der Waals surface area contributed by atoms with E-state index in [2.05, 4.69) is 15.3 Å². The predicted octanol–water partition coefficient (Wildman–Crippen LogP) is 4.54. The molecule has 0 atom stereocenters. The van der Waals surface area contributed by atoms with Gasteiger partial charge < -0.3 is 4.42 Å². The van der Waals surface area contributed by atoms with Crippen molar-refractivity contribution in [3.05, 3.63) is 39.3 Å². The highest BCUT2D eigenvalue weighted by atomic mass is 35.5. The number of hydrogen-bond donors (Lipinski definition) is 0. The molecule has 6 heteroatoms. The fraction of sp³-hybridized carbons (Fsp3) is 0.167.